The Morgan fingerprint density at radius 1 is 1.19 bits per heavy atom. The standard InChI is InChI=1S/C20H20N2O4/c1-13-11-14(8-9-15(13)22-10-4-7-19(22)23)21-20(24)18-12-25-16-5-2-3-6-17(16)26-18/h2-3,5-6,8-9,11,18H,4,7,10,12H2,1H3,(H,21,24)/t18-/m1/s1. The molecule has 0 saturated carbocycles. The van der Waals surface area contributed by atoms with Crippen LogP contribution in [0.2, 0.25) is 0 Å². The number of amides is 2. The van der Waals surface area contributed by atoms with Crippen LogP contribution in [-0.2, 0) is 9.59 Å². The number of ether oxygens (including phenoxy) is 2. The average molecular weight is 352 g/mol. The number of carbonyl (C=O) groups excluding carboxylic acids is 2. The highest BCUT2D eigenvalue weighted by Crippen LogP contribution is 2.31. The number of nitrogens with one attached hydrogen (secondary N) is 1. The monoisotopic (exact) mass is 352 g/mol. The fraction of sp³-hybridized carbons (Fsp3) is 0.300. The minimum atomic E-state index is -0.704. The molecule has 2 amide bonds. The van der Waals surface area contributed by atoms with Gasteiger partial charge in [0.25, 0.3) is 5.91 Å². The highest BCUT2D eigenvalue weighted by molar-refractivity contribution is 5.98. The molecule has 134 valence electrons. The quantitative estimate of drug-likeness (QED) is 0.922. The molecule has 2 heterocycles. The molecule has 0 radical (unpaired) electrons. The van der Waals surface area contributed by atoms with E-state index in [9.17, 15) is 9.59 Å². The highest BCUT2D eigenvalue weighted by Gasteiger charge is 2.28. The third-order valence-corrected chi connectivity index (χ3v) is 4.63. The first-order valence-electron chi connectivity index (χ1n) is 8.72. The van der Waals surface area contributed by atoms with Crippen LogP contribution in [0.5, 0.6) is 11.5 Å². The van der Waals surface area contributed by atoms with Crippen LogP contribution < -0.4 is 19.7 Å². The van der Waals surface area contributed by atoms with Crippen LogP contribution in [0.15, 0.2) is 42.5 Å². The Bertz CT molecular complexity index is 865. The van der Waals surface area contributed by atoms with Gasteiger partial charge in [-0.2, -0.15) is 0 Å². The number of benzene rings is 2. The van der Waals surface area contributed by atoms with Crippen LogP contribution >= 0.6 is 0 Å². The lowest BCUT2D eigenvalue weighted by molar-refractivity contribution is -0.125. The van der Waals surface area contributed by atoms with E-state index in [0.717, 1.165) is 24.2 Å². The van der Waals surface area contributed by atoms with Gasteiger partial charge in [-0.3, -0.25) is 9.59 Å². The number of anilines is 2. The second-order valence-electron chi connectivity index (χ2n) is 6.50. The van der Waals surface area contributed by atoms with Gasteiger partial charge in [-0.15, -0.1) is 0 Å². The first kappa shape index (κ1) is 16.4. The molecular weight excluding hydrogens is 332 g/mol. The summed E-state index contributed by atoms with van der Waals surface area (Å²) in [5.74, 6) is 1.10. The first-order valence-corrected chi connectivity index (χ1v) is 8.72. The average Bonchev–Trinajstić information content (AvgIpc) is 3.07. The molecule has 0 aromatic heterocycles. The first-order chi connectivity index (χ1) is 12.6. The van der Waals surface area contributed by atoms with Gasteiger partial charge in [0.2, 0.25) is 12.0 Å². The van der Waals surface area contributed by atoms with E-state index in [1.165, 1.54) is 0 Å². The van der Waals surface area contributed by atoms with Crippen molar-refractivity contribution in [3.05, 3.63) is 48.0 Å². The molecule has 2 aliphatic heterocycles. The van der Waals surface area contributed by atoms with Crippen LogP contribution in [0, 0.1) is 6.92 Å². The lowest BCUT2D eigenvalue weighted by atomic mass is 10.1. The van der Waals surface area contributed by atoms with Gasteiger partial charge in [0.15, 0.2) is 11.5 Å². The predicted molar refractivity (Wildman–Crippen MR) is 97.7 cm³/mol. The summed E-state index contributed by atoms with van der Waals surface area (Å²) in [6.07, 6.45) is 0.778. The van der Waals surface area contributed by atoms with Crippen molar-refractivity contribution in [1.29, 1.82) is 0 Å². The molecule has 2 aromatic rings. The van der Waals surface area contributed by atoms with Gasteiger partial charge in [0.05, 0.1) is 0 Å². The maximum absolute atomic E-state index is 12.5. The molecule has 0 bridgehead atoms. The van der Waals surface area contributed by atoms with Gasteiger partial charge in [-0.25, -0.2) is 0 Å². The molecule has 0 spiro atoms. The zero-order chi connectivity index (χ0) is 18.1. The lowest BCUT2D eigenvalue weighted by Crippen LogP contribution is -2.40. The third-order valence-electron chi connectivity index (χ3n) is 4.63. The van der Waals surface area contributed by atoms with Crippen LogP contribution in [-0.4, -0.2) is 31.1 Å². The summed E-state index contributed by atoms with van der Waals surface area (Å²) < 4.78 is 11.3. The van der Waals surface area contributed by atoms with Gasteiger partial charge in [-0.05, 0) is 49.2 Å². The number of para-hydroxylation sites is 2. The second-order valence-corrected chi connectivity index (χ2v) is 6.50. The van der Waals surface area contributed by atoms with Gasteiger partial charge in [0, 0.05) is 24.3 Å². The summed E-state index contributed by atoms with van der Waals surface area (Å²) in [5, 5.41) is 2.86. The Morgan fingerprint density at radius 3 is 2.73 bits per heavy atom. The molecule has 2 aromatic carbocycles. The molecule has 6 nitrogen and oxygen atoms in total. The Balaban J connectivity index is 1.45. The molecule has 1 atom stereocenters. The van der Waals surface area contributed by atoms with Crippen molar-refractivity contribution >= 4 is 23.2 Å². The van der Waals surface area contributed by atoms with E-state index in [2.05, 4.69) is 5.32 Å². The number of carbonyl (C=O) groups is 2. The summed E-state index contributed by atoms with van der Waals surface area (Å²) in [7, 11) is 0. The van der Waals surface area contributed by atoms with Crippen LogP contribution in [0.1, 0.15) is 18.4 Å². The van der Waals surface area contributed by atoms with Crippen LogP contribution in [0.25, 0.3) is 0 Å². The Labute approximate surface area is 151 Å². The molecule has 0 unspecified atom stereocenters. The van der Waals surface area contributed by atoms with E-state index < -0.39 is 6.10 Å². The van der Waals surface area contributed by atoms with Crippen LogP contribution in [0.3, 0.4) is 0 Å². The number of rotatable bonds is 3. The van der Waals surface area contributed by atoms with E-state index in [-0.39, 0.29) is 18.4 Å². The van der Waals surface area contributed by atoms with Crippen molar-refractivity contribution in [1.82, 2.24) is 0 Å². The second kappa shape index (κ2) is 6.71. The molecular formula is C20H20N2O4. The number of nitrogens with zero attached hydrogens (tertiary/aromatic N) is 1. The largest absolute Gasteiger partial charge is 0.485 e. The summed E-state index contributed by atoms with van der Waals surface area (Å²) in [6.45, 7) is 2.85. The Hall–Kier alpha value is -3.02. The molecule has 1 N–H and O–H groups in total. The predicted octanol–water partition coefficient (Wildman–Crippen LogP) is 2.90. The SMILES string of the molecule is Cc1cc(NC(=O)[C@H]2COc3ccccc3O2)ccc1N1CCCC1=O. The normalized spacial score (nSPS) is 18.7. The highest BCUT2D eigenvalue weighted by atomic mass is 16.6. The van der Waals surface area contributed by atoms with Crippen molar-refractivity contribution in [2.24, 2.45) is 0 Å². The van der Waals surface area contributed by atoms with Crippen molar-refractivity contribution < 1.29 is 19.1 Å². The summed E-state index contributed by atoms with van der Waals surface area (Å²) >= 11 is 0. The van der Waals surface area contributed by atoms with Gasteiger partial charge in [-0.1, -0.05) is 12.1 Å². The van der Waals surface area contributed by atoms with Gasteiger partial charge < -0.3 is 19.7 Å². The summed E-state index contributed by atoms with van der Waals surface area (Å²) in [6, 6.07) is 12.8. The minimum absolute atomic E-state index is 0.149. The van der Waals surface area contributed by atoms with E-state index in [1.54, 1.807) is 11.0 Å². The zero-order valence-electron chi connectivity index (χ0n) is 14.5. The number of fused-ring (bicyclic) bond motifs is 1. The van der Waals surface area contributed by atoms with Gasteiger partial charge in [0.1, 0.15) is 6.61 Å². The number of hydrogen-bond acceptors (Lipinski definition) is 4. The molecule has 26 heavy (non-hydrogen) atoms. The minimum Gasteiger partial charge on any atom is -0.485 e. The number of aryl methyl sites for hydroxylation is 1. The lowest BCUT2D eigenvalue weighted by Gasteiger charge is -2.25. The fourth-order valence-electron chi connectivity index (χ4n) is 3.31. The number of hydrogen-bond donors (Lipinski definition) is 1. The van der Waals surface area contributed by atoms with Crippen molar-refractivity contribution in [3.63, 3.8) is 0 Å². The molecule has 6 heteroatoms. The Kier molecular flexibility index (Phi) is 4.24. The van der Waals surface area contributed by atoms with E-state index in [4.69, 9.17) is 9.47 Å². The molecule has 0 aliphatic carbocycles. The van der Waals surface area contributed by atoms with Crippen LogP contribution in [0.4, 0.5) is 11.4 Å². The molecule has 1 saturated heterocycles. The maximum atomic E-state index is 12.5. The van der Waals surface area contributed by atoms with Crippen molar-refractivity contribution in [2.75, 3.05) is 23.4 Å². The fourth-order valence-corrected chi connectivity index (χ4v) is 3.31. The van der Waals surface area contributed by atoms with E-state index in [0.29, 0.717) is 23.6 Å². The van der Waals surface area contributed by atoms with Crippen molar-refractivity contribution in [2.45, 2.75) is 25.9 Å². The van der Waals surface area contributed by atoms with E-state index in [1.807, 2.05) is 43.3 Å². The van der Waals surface area contributed by atoms with Crippen molar-refractivity contribution in [3.8, 4) is 11.5 Å². The van der Waals surface area contributed by atoms with E-state index >= 15 is 0 Å². The van der Waals surface area contributed by atoms with Gasteiger partial charge >= 0.3 is 0 Å². The molecule has 1 fully saturated rings. The Morgan fingerprint density at radius 2 is 2.00 bits per heavy atom. The molecule has 2 aliphatic rings. The third kappa shape index (κ3) is 3.10. The summed E-state index contributed by atoms with van der Waals surface area (Å²) in [5.41, 5.74) is 2.52. The maximum Gasteiger partial charge on any atom is 0.269 e. The topological polar surface area (TPSA) is 67.9 Å². The smallest absolute Gasteiger partial charge is 0.269 e. The molecule has 4 rings (SSSR count). The zero-order valence-corrected chi connectivity index (χ0v) is 14.5. The summed E-state index contributed by atoms with van der Waals surface area (Å²) in [4.78, 5) is 26.2.